The molecular formula is C13H21FO2. The highest BCUT2D eigenvalue weighted by molar-refractivity contribution is 5.81. The topological polar surface area (TPSA) is 26.3 Å². The lowest BCUT2D eigenvalue weighted by molar-refractivity contribution is -0.174. The Kier molecular flexibility index (Phi) is 2.38. The predicted octanol–water partition coefficient (Wildman–Crippen LogP) is 3.25. The molecule has 0 saturated heterocycles. The zero-order chi connectivity index (χ0) is 12.2. The van der Waals surface area contributed by atoms with Gasteiger partial charge in [0.05, 0.1) is 0 Å². The van der Waals surface area contributed by atoms with Crippen LogP contribution < -0.4 is 0 Å². The first-order chi connectivity index (χ1) is 7.15. The van der Waals surface area contributed by atoms with Gasteiger partial charge in [0.1, 0.15) is 5.60 Å². The zero-order valence-corrected chi connectivity index (χ0v) is 10.6. The van der Waals surface area contributed by atoms with E-state index < -0.39 is 17.2 Å². The summed E-state index contributed by atoms with van der Waals surface area (Å²) in [6.45, 7) is 7.42. The molecule has 2 bridgehead atoms. The maximum atomic E-state index is 14.7. The van der Waals surface area contributed by atoms with Crippen LogP contribution in [0.25, 0.3) is 0 Å². The van der Waals surface area contributed by atoms with Gasteiger partial charge in [0, 0.05) is 5.92 Å². The normalized spacial score (nSPS) is 42.4. The number of rotatable bonds is 1. The molecular weight excluding hydrogens is 207 g/mol. The number of fused-ring (bicyclic) bond motifs is 2. The van der Waals surface area contributed by atoms with E-state index in [1.54, 1.807) is 20.8 Å². The molecule has 0 aromatic carbocycles. The van der Waals surface area contributed by atoms with Gasteiger partial charge in [-0.25, -0.2) is 9.18 Å². The SMILES string of the molecule is CC12CCC(C1)C(F)(C(=O)OC(C)(C)C)C2. The maximum absolute atomic E-state index is 14.7. The van der Waals surface area contributed by atoms with E-state index >= 15 is 0 Å². The number of carbonyl (C=O) groups excluding carboxylic acids is 1. The van der Waals surface area contributed by atoms with Crippen molar-refractivity contribution in [1.29, 1.82) is 0 Å². The predicted molar refractivity (Wildman–Crippen MR) is 59.7 cm³/mol. The fourth-order valence-corrected chi connectivity index (χ4v) is 3.24. The quantitative estimate of drug-likeness (QED) is 0.644. The molecule has 0 spiro atoms. The molecule has 3 heteroatoms. The second-order valence-corrected chi connectivity index (χ2v) is 6.79. The first kappa shape index (κ1) is 11.9. The van der Waals surface area contributed by atoms with Crippen molar-refractivity contribution in [3.63, 3.8) is 0 Å². The number of halogens is 1. The highest BCUT2D eigenvalue weighted by Gasteiger charge is 2.62. The third-order valence-electron chi connectivity index (χ3n) is 3.90. The molecule has 0 aliphatic heterocycles. The summed E-state index contributed by atoms with van der Waals surface area (Å²) in [4.78, 5) is 11.9. The Balaban J connectivity index is 2.13. The molecule has 2 aliphatic rings. The Hall–Kier alpha value is -0.600. The summed E-state index contributed by atoms with van der Waals surface area (Å²) in [7, 11) is 0. The summed E-state index contributed by atoms with van der Waals surface area (Å²) in [5, 5.41) is 0. The van der Waals surface area contributed by atoms with Crippen LogP contribution in [0.2, 0.25) is 0 Å². The monoisotopic (exact) mass is 228 g/mol. The molecule has 2 aliphatic carbocycles. The number of hydrogen-bond acceptors (Lipinski definition) is 2. The standard InChI is InChI=1S/C13H21FO2/c1-11(2,3)16-10(15)13(14)8-12(4)6-5-9(13)7-12/h9H,5-8H2,1-4H3. The Morgan fingerprint density at radius 2 is 2.06 bits per heavy atom. The zero-order valence-electron chi connectivity index (χ0n) is 10.6. The molecule has 0 heterocycles. The average Bonchev–Trinajstić information content (AvgIpc) is 2.54. The first-order valence-electron chi connectivity index (χ1n) is 6.07. The molecule has 2 nitrogen and oxygen atoms in total. The molecule has 16 heavy (non-hydrogen) atoms. The second-order valence-electron chi connectivity index (χ2n) is 6.79. The number of esters is 1. The number of ether oxygens (including phenoxy) is 1. The molecule has 0 radical (unpaired) electrons. The highest BCUT2D eigenvalue weighted by Crippen LogP contribution is 2.60. The first-order valence-corrected chi connectivity index (χ1v) is 6.07. The van der Waals surface area contributed by atoms with Crippen molar-refractivity contribution in [3.8, 4) is 0 Å². The third-order valence-corrected chi connectivity index (χ3v) is 3.90. The van der Waals surface area contributed by atoms with Gasteiger partial charge >= 0.3 is 5.97 Å². The van der Waals surface area contributed by atoms with Crippen LogP contribution in [0.15, 0.2) is 0 Å². The van der Waals surface area contributed by atoms with Crippen LogP contribution in [0.4, 0.5) is 4.39 Å². The number of carbonyl (C=O) groups is 1. The Morgan fingerprint density at radius 1 is 1.44 bits per heavy atom. The van der Waals surface area contributed by atoms with Gasteiger partial charge in [0.25, 0.3) is 0 Å². The molecule has 0 aromatic rings. The molecule has 0 N–H and O–H groups in total. The van der Waals surface area contributed by atoms with Gasteiger partial charge in [-0.3, -0.25) is 0 Å². The summed E-state index contributed by atoms with van der Waals surface area (Å²) in [6, 6.07) is 0. The number of alkyl halides is 1. The van der Waals surface area contributed by atoms with E-state index in [2.05, 4.69) is 6.92 Å². The van der Waals surface area contributed by atoms with Crippen molar-refractivity contribution in [2.45, 2.75) is 64.6 Å². The van der Waals surface area contributed by atoms with Crippen LogP contribution in [-0.2, 0) is 9.53 Å². The van der Waals surface area contributed by atoms with Crippen LogP contribution in [-0.4, -0.2) is 17.2 Å². The summed E-state index contributed by atoms with van der Waals surface area (Å²) in [5.74, 6) is -0.763. The molecule has 0 aromatic heterocycles. The fourth-order valence-electron chi connectivity index (χ4n) is 3.24. The van der Waals surface area contributed by atoms with Gasteiger partial charge in [0.2, 0.25) is 5.67 Å². The van der Waals surface area contributed by atoms with E-state index in [9.17, 15) is 9.18 Å². The second kappa shape index (κ2) is 3.21. The van der Waals surface area contributed by atoms with E-state index in [0.29, 0.717) is 6.42 Å². The van der Waals surface area contributed by atoms with Crippen molar-refractivity contribution in [2.75, 3.05) is 0 Å². The summed E-state index contributed by atoms with van der Waals surface area (Å²) in [5.41, 5.74) is -2.30. The van der Waals surface area contributed by atoms with E-state index in [4.69, 9.17) is 4.74 Å². The van der Waals surface area contributed by atoms with Crippen LogP contribution >= 0.6 is 0 Å². The van der Waals surface area contributed by atoms with Gasteiger partial charge in [-0.05, 0) is 51.9 Å². The molecule has 2 rings (SSSR count). The van der Waals surface area contributed by atoms with Crippen molar-refractivity contribution in [2.24, 2.45) is 11.3 Å². The minimum Gasteiger partial charge on any atom is -0.458 e. The van der Waals surface area contributed by atoms with Crippen LogP contribution in [0.3, 0.4) is 0 Å². The molecule has 92 valence electrons. The van der Waals surface area contributed by atoms with Gasteiger partial charge < -0.3 is 4.74 Å². The summed E-state index contributed by atoms with van der Waals surface area (Å²) < 4.78 is 19.9. The average molecular weight is 228 g/mol. The van der Waals surface area contributed by atoms with Crippen molar-refractivity contribution < 1.29 is 13.9 Å². The van der Waals surface area contributed by atoms with Gasteiger partial charge in [-0.2, -0.15) is 0 Å². The summed E-state index contributed by atoms with van der Waals surface area (Å²) >= 11 is 0. The van der Waals surface area contributed by atoms with Gasteiger partial charge in [-0.1, -0.05) is 6.92 Å². The lowest BCUT2D eigenvalue weighted by atomic mass is 9.79. The maximum Gasteiger partial charge on any atom is 0.344 e. The van der Waals surface area contributed by atoms with E-state index in [1.165, 1.54) is 0 Å². The summed E-state index contributed by atoms with van der Waals surface area (Å²) in [6.07, 6.45) is 3.06. The van der Waals surface area contributed by atoms with Crippen LogP contribution in [0.1, 0.15) is 53.4 Å². The van der Waals surface area contributed by atoms with E-state index in [0.717, 1.165) is 19.3 Å². The molecule has 2 fully saturated rings. The lowest BCUT2D eigenvalue weighted by Crippen LogP contribution is -2.44. The molecule has 0 amide bonds. The minimum absolute atomic E-state index is 0.0241. The van der Waals surface area contributed by atoms with Crippen molar-refractivity contribution in [3.05, 3.63) is 0 Å². The van der Waals surface area contributed by atoms with Crippen LogP contribution in [0, 0.1) is 11.3 Å². The highest BCUT2D eigenvalue weighted by atomic mass is 19.1. The van der Waals surface area contributed by atoms with E-state index in [1.807, 2.05) is 0 Å². The molecule has 3 atom stereocenters. The largest absolute Gasteiger partial charge is 0.458 e. The third kappa shape index (κ3) is 1.85. The molecule has 3 unspecified atom stereocenters. The smallest absolute Gasteiger partial charge is 0.344 e. The van der Waals surface area contributed by atoms with Gasteiger partial charge in [0.15, 0.2) is 0 Å². The minimum atomic E-state index is -1.72. The Labute approximate surface area is 96.5 Å². The van der Waals surface area contributed by atoms with Crippen LogP contribution in [0.5, 0.6) is 0 Å². The van der Waals surface area contributed by atoms with Gasteiger partial charge in [-0.15, -0.1) is 0 Å². The van der Waals surface area contributed by atoms with Crippen molar-refractivity contribution >= 4 is 5.97 Å². The van der Waals surface area contributed by atoms with E-state index in [-0.39, 0.29) is 11.3 Å². The lowest BCUT2D eigenvalue weighted by Gasteiger charge is -2.33. The molecule has 2 saturated carbocycles. The number of hydrogen-bond donors (Lipinski definition) is 0. The van der Waals surface area contributed by atoms with Crippen molar-refractivity contribution in [1.82, 2.24) is 0 Å². The Bertz CT molecular complexity index is 320. The Morgan fingerprint density at radius 3 is 2.44 bits per heavy atom. The fraction of sp³-hybridized carbons (Fsp3) is 0.923.